The quantitative estimate of drug-likeness (QED) is 0.849. The number of nitrogens with zero attached hydrogens (tertiary/aromatic N) is 1. The summed E-state index contributed by atoms with van der Waals surface area (Å²) in [4.78, 5) is 2.59. The molecule has 0 bridgehead atoms. The maximum atomic E-state index is 6.08. The molecule has 2 heteroatoms. The third-order valence-electron chi connectivity index (χ3n) is 4.59. The van der Waals surface area contributed by atoms with Crippen molar-refractivity contribution in [2.75, 3.05) is 13.1 Å². The van der Waals surface area contributed by atoms with Crippen LogP contribution in [0.2, 0.25) is 0 Å². The normalized spacial score (nSPS) is 18.4. The molecule has 1 saturated carbocycles. The molecule has 0 radical (unpaired) electrons. The van der Waals surface area contributed by atoms with Gasteiger partial charge in [0.1, 0.15) is 0 Å². The average Bonchev–Trinajstić information content (AvgIpc) is 2.88. The van der Waals surface area contributed by atoms with Crippen LogP contribution >= 0.6 is 0 Å². The zero-order chi connectivity index (χ0) is 13.7. The predicted molar refractivity (Wildman–Crippen MR) is 81.9 cm³/mol. The number of benzene rings is 1. The Hall–Kier alpha value is -0.860. The van der Waals surface area contributed by atoms with Crippen molar-refractivity contribution in [2.45, 2.75) is 52.1 Å². The van der Waals surface area contributed by atoms with Crippen molar-refractivity contribution in [1.29, 1.82) is 0 Å². The second-order valence-corrected chi connectivity index (χ2v) is 6.40. The zero-order valence-corrected chi connectivity index (χ0v) is 12.4. The van der Waals surface area contributed by atoms with E-state index in [0.29, 0.717) is 11.5 Å². The summed E-state index contributed by atoms with van der Waals surface area (Å²) < 4.78 is 0. The first kappa shape index (κ1) is 14.5. The first-order chi connectivity index (χ1) is 9.15. The van der Waals surface area contributed by atoms with Gasteiger partial charge in [-0.3, -0.25) is 4.90 Å². The maximum absolute atomic E-state index is 6.08. The van der Waals surface area contributed by atoms with E-state index in [0.717, 1.165) is 19.6 Å². The van der Waals surface area contributed by atoms with Crippen LogP contribution in [0.1, 0.15) is 45.1 Å². The van der Waals surface area contributed by atoms with Gasteiger partial charge in [0.2, 0.25) is 0 Å². The SMILES string of the molecule is CC(C)N(Cc1ccccc1)CC1(CN)CCCC1. The van der Waals surface area contributed by atoms with E-state index in [1.807, 2.05) is 0 Å². The van der Waals surface area contributed by atoms with E-state index in [1.54, 1.807) is 0 Å². The molecule has 0 heterocycles. The standard InChI is InChI=1S/C17H28N2/c1-15(2)19(12-16-8-4-3-5-9-16)14-17(13-18)10-6-7-11-17/h3-5,8-9,15H,6-7,10-14,18H2,1-2H3. The molecule has 2 N–H and O–H groups in total. The van der Waals surface area contributed by atoms with E-state index in [4.69, 9.17) is 5.73 Å². The highest BCUT2D eigenvalue weighted by molar-refractivity contribution is 5.14. The van der Waals surface area contributed by atoms with Crippen molar-refractivity contribution in [2.24, 2.45) is 11.1 Å². The predicted octanol–water partition coefficient (Wildman–Crippen LogP) is 3.42. The molecule has 1 aliphatic rings. The third kappa shape index (κ3) is 3.80. The van der Waals surface area contributed by atoms with Crippen LogP contribution in [-0.4, -0.2) is 24.0 Å². The highest BCUT2D eigenvalue weighted by Crippen LogP contribution is 2.38. The summed E-state index contributed by atoms with van der Waals surface area (Å²) in [5.74, 6) is 0. The van der Waals surface area contributed by atoms with Gasteiger partial charge in [0.15, 0.2) is 0 Å². The lowest BCUT2D eigenvalue weighted by Crippen LogP contribution is -2.43. The van der Waals surface area contributed by atoms with Gasteiger partial charge in [-0.25, -0.2) is 0 Å². The maximum Gasteiger partial charge on any atom is 0.0236 e. The third-order valence-corrected chi connectivity index (χ3v) is 4.59. The molecule has 0 atom stereocenters. The molecule has 0 amide bonds. The molecule has 2 rings (SSSR count). The molecule has 1 aromatic rings. The van der Waals surface area contributed by atoms with Crippen molar-refractivity contribution in [3.05, 3.63) is 35.9 Å². The monoisotopic (exact) mass is 260 g/mol. The van der Waals surface area contributed by atoms with Crippen molar-refractivity contribution in [3.8, 4) is 0 Å². The van der Waals surface area contributed by atoms with Crippen LogP contribution < -0.4 is 5.73 Å². The van der Waals surface area contributed by atoms with Crippen molar-refractivity contribution >= 4 is 0 Å². The summed E-state index contributed by atoms with van der Waals surface area (Å²) in [6, 6.07) is 11.4. The van der Waals surface area contributed by atoms with Gasteiger partial charge in [-0.05, 0) is 44.2 Å². The minimum absolute atomic E-state index is 0.374. The van der Waals surface area contributed by atoms with Gasteiger partial charge in [-0.15, -0.1) is 0 Å². The second-order valence-electron chi connectivity index (χ2n) is 6.40. The van der Waals surface area contributed by atoms with E-state index in [2.05, 4.69) is 49.1 Å². The Labute approximate surface area is 118 Å². The molecule has 1 fully saturated rings. The fraction of sp³-hybridized carbons (Fsp3) is 0.647. The van der Waals surface area contributed by atoms with Gasteiger partial charge >= 0.3 is 0 Å². The van der Waals surface area contributed by atoms with Crippen LogP contribution in [0.25, 0.3) is 0 Å². The van der Waals surface area contributed by atoms with Crippen molar-refractivity contribution < 1.29 is 0 Å². The molecule has 0 spiro atoms. The molecule has 2 nitrogen and oxygen atoms in total. The van der Waals surface area contributed by atoms with E-state index in [-0.39, 0.29) is 0 Å². The summed E-state index contributed by atoms with van der Waals surface area (Å²) in [6.45, 7) is 7.62. The Morgan fingerprint density at radius 2 is 1.79 bits per heavy atom. The summed E-state index contributed by atoms with van der Waals surface area (Å²) >= 11 is 0. The lowest BCUT2D eigenvalue weighted by atomic mass is 9.85. The summed E-state index contributed by atoms with van der Waals surface area (Å²) in [5.41, 5.74) is 7.86. The molecule has 0 saturated heterocycles. The Morgan fingerprint density at radius 3 is 2.32 bits per heavy atom. The van der Waals surface area contributed by atoms with Gasteiger partial charge in [-0.2, -0.15) is 0 Å². The summed E-state index contributed by atoms with van der Waals surface area (Å²) in [5, 5.41) is 0. The lowest BCUT2D eigenvalue weighted by molar-refractivity contribution is 0.121. The van der Waals surface area contributed by atoms with Crippen LogP contribution in [0.5, 0.6) is 0 Å². The van der Waals surface area contributed by atoms with E-state index >= 15 is 0 Å². The fourth-order valence-corrected chi connectivity index (χ4v) is 3.22. The Bertz CT molecular complexity index is 366. The molecular formula is C17H28N2. The molecule has 19 heavy (non-hydrogen) atoms. The first-order valence-electron chi connectivity index (χ1n) is 7.63. The lowest BCUT2D eigenvalue weighted by Gasteiger charge is -2.37. The second kappa shape index (κ2) is 6.53. The molecule has 0 aromatic heterocycles. The van der Waals surface area contributed by atoms with Crippen molar-refractivity contribution in [3.63, 3.8) is 0 Å². The highest BCUT2D eigenvalue weighted by atomic mass is 15.2. The van der Waals surface area contributed by atoms with E-state index in [9.17, 15) is 0 Å². The average molecular weight is 260 g/mol. The number of hydrogen-bond acceptors (Lipinski definition) is 2. The first-order valence-corrected chi connectivity index (χ1v) is 7.63. The number of rotatable bonds is 6. The molecule has 0 aliphatic heterocycles. The molecule has 1 aliphatic carbocycles. The van der Waals surface area contributed by atoms with Crippen LogP contribution in [0, 0.1) is 5.41 Å². The fourth-order valence-electron chi connectivity index (χ4n) is 3.22. The van der Waals surface area contributed by atoms with Gasteiger partial charge in [-0.1, -0.05) is 43.2 Å². The zero-order valence-electron chi connectivity index (χ0n) is 12.4. The van der Waals surface area contributed by atoms with Gasteiger partial charge in [0, 0.05) is 19.1 Å². The molecule has 1 aromatic carbocycles. The number of nitrogens with two attached hydrogens (primary N) is 1. The minimum Gasteiger partial charge on any atom is -0.330 e. The van der Waals surface area contributed by atoms with Gasteiger partial charge < -0.3 is 5.73 Å². The van der Waals surface area contributed by atoms with E-state index in [1.165, 1.54) is 31.2 Å². The molecule has 0 unspecified atom stereocenters. The Balaban J connectivity index is 2.04. The summed E-state index contributed by atoms with van der Waals surface area (Å²) in [7, 11) is 0. The Morgan fingerprint density at radius 1 is 1.16 bits per heavy atom. The van der Waals surface area contributed by atoms with Gasteiger partial charge in [0.05, 0.1) is 0 Å². The van der Waals surface area contributed by atoms with E-state index < -0.39 is 0 Å². The minimum atomic E-state index is 0.374. The van der Waals surface area contributed by atoms with Crippen LogP contribution in [0.15, 0.2) is 30.3 Å². The summed E-state index contributed by atoms with van der Waals surface area (Å²) in [6.07, 6.45) is 5.33. The number of hydrogen-bond donors (Lipinski definition) is 1. The van der Waals surface area contributed by atoms with Crippen molar-refractivity contribution in [1.82, 2.24) is 4.90 Å². The van der Waals surface area contributed by atoms with Crippen LogP contribution in [-0.2, 0) is 6.54 Å². The largest absolute Gasteiger partial charge is 0.330 e. The Kier molecular flexibility index (Phi) is 5.00. The van der Waals surface area contributed by atoms with Gasteiger partial charge in [0.25, 0.3) is 0 Å². The van der Waals surface area contributed by atoms with Crippen LogP contribution in [0.3, 0.4) is 0 Å². The highest BCUT2D eigenvalue weighted by Gasteiger charge is 2.34. The molecular weight excluding hydrogens is 232 g/mol. The topological polar surface area (TPSA) is 29.3 Å². The van der Waals surface area contributed by atoms with Crippen LogP contribution in [0.4, 0.5) is 0 Å². The smallest absolute Gasteiger partial charge is 0.0236 e. The molecule has 106 valence electrons.